The number of hydrogen-bond acceptors (Lipinski definition) is 6. The number of hydrogen-bond donors (Lipinski definition) is 1. The number of fused-ring (bicyclic) bond motifs is 2. The Morgan fingerprint density at radius 2 is 1.76 bits per heavy atom. The van der Waals surface area contributed by atoms with Gasteiger partial charge in [-0.15, -0.1) is 0 Å². The second-order valence-electron chi connectivity index (χ2n) is 8.88. The van der Waals surface area contributed by atoms with Gasteiger partial charge in [0.15, 0.2) is 6.61 Å². The number of ether oxygens (including phenoxy) is 2. The molecule has 0 atom stereocenters. The Kier molecular flexibility index (Phi) is 6.55. The van der Waals surface area contributed by atoms with Gasteiger partial charge < -0.3 is 14.8 Å². The number of para-hydroxylation sites is 1. The second-order valence-corrected chi connectivity index (χ2v) is 8.88. The van der Waals surface area contributed by atoms with Crippen LogP contribution in [0.4, 0.5) is 5.82 Å². The Bertz CT molecular complexity index is 1620. The lowest BCUT2D eigenvalue weighted by Crippen LogP contribution is -2.23. The van der Waals surface area contributed by atoms with Crippen LogP contribution in [0.15, 0.2) is 79.0 Å². The number of esters is 1. The van der Waals surface area contributed by atoms with Gasteiger partial charge in [-0.1, -0.05) is 36.4 Å². The highest BCUT2D eigenvalue weighted by atomic mass is 16.5. The molecule has 0 spiro atoms. The molecule has 0 aliphatic heterocycles. The summed E-state index contributed by atoms with van der Waals surface area (Å²) in [5.41, 5.74) is 2.49. The van der Waals surface area contributed by atoms with E-state index in [0.717, 1.165) is 22.1 Å². The first-order valence-corrected chi connectivity index (χ1v) is 11.9. The molecule has 0 aliphatic carbocycles. The Balaban J connectivity index is 1.41. The molecule has 2 heterocycles. The summed E-state index contributed by atoms with van der Waals surface area (Å²) >= 11 is 0. The predicted molar refractivity (Wildman–Crippen MR) is 143 cm³/mol. The van der Waals surface area contributed by atoms with Gasteiger partial charge in [0.2, 0.25) is 0 Å². The van der Waals surface area contributed by atoms with Crippen LogP contribution in [-0.4, -0.2) is 40.4 Å². The molecule has 0 aliphatic rings. The van der Waals surface area contributed by atoms with Gasteiger partial charge >= 0.3 is 5.97 Å². The smallest absolute Gasteiger partial charge is 0.339 e. The number of rotatable bonds is 7. The van der Waals surface area contributed by atoms with Crippen molar-refractivity contribution in [1.82, 2.24) is 14.8 Å². The lowest BCUT2D eigenvalue weighted by Gasteiger charge is -2.13. The summed E-state index contributed by atoms with van der Waals surface area (Å²) in [6, 6.07) is 22.7. The average Bonchev–Trinajstić information content (AvgIpc) is 3.38. The molecule has 0 fully saturated rings. The third-order valence-electron chi connectivity index (χ3n) is 6.04. The number of aromatic nitrogens is 3. The fourth-order valence-electron chi connectivity index (χ4n) is 4.21. The van der Waals surface area contributed by atoms with Crippen LogP contribution in [-0.2, 0) is 9.53 Å². The third kappa shape index (κ3) is 4.99. The summed E-state index contributed by atoms with van der Waals surface area (Å²) < 4.78 is 12.4. The number of pyridine rings is 1. The molecule has 1 N–H and O–H groups in total. The Labute approximate surface area is 213 Å². The maximum atomic E-state index is 13.1. The third-order valence-corrected chi connectivity index (χ3v) is 6.04. The van der Waals surface area contributed by atoms with Gasteiger partial charge in [0.1, 0.15) is 11.6 Å². The first kappa shape index (κ1) is 24.0. The Morgan fingerprint density at radius 1 is 0.973 bits per heavy atom. The van der Waals surface area contributed by atoms with Crippen molar-refractivity contribution in [1.29, 1.82) is 0 Å². The fourth-order valence-corrected chi connectivity index (χ4v) is 4.21. The quantitative estimate of drug-likeness (QED) is 0.294. The van der Waals surface area contributed by atoms with Crippen LogP contribution in [0.2, 0.25) is 0 Å². The van der Waals surface area contributed by atoms with Crippen molar-refractivity contribution in [3.63, 3.8) is 0 Å². The lowest BCUT2D eigenvalue weighted by atomic mass is 10.0. The van der Waals surface area contributed by atoms with Crippen molar-refractivity contribution in [3.05, 3.63) is 84.6 Å². The number of methoxy groups -OCH3 is 1. The molecule has 0 saturated carbocycles. The maximum absolute atomic E-state index is 13.1. The van der Waals surface area contributed by atoms with Crippen molar-refractivity contribution in [2.75, 3.05) is 19.0 Å². The van der Waals surface area contributed by atoms with E-state index in [-0.39, 0.29) is 6.04 Å². The topological polar surface area (TPSA) is 95.3 Å². The normalized spacial score (nSPS) is 11.1. The summed E-state index contributed by atoms with van der Waals surface area (Å²) in [7, 11) is 1.64. The molecule has 2 aromatic heterocycles. The van der Waals surface area contributed by atoms with Gasteiger partial charge in [-0.2, -0.15) is 5.10 Å². The molecule has 0 radical (unpaired) electrons. The van der Waals surface area contributed by atoms with E-state index in [1.54, 1.807) is 30.1 Å². The van der Waals surface area contributed by atoms with E-state index in [9.17, 15) is 9.59 Å². The zero-order chi connectivity index (χ0) is 25.9. The van der Waals surface area contributed by atoms with Gasteiger partial charge in [0.05, 0.1) is 30.1 Å². The van der Waals surface area contributed by atoms with Crippen LogP contribution in [0.3, 0.4) is 0 Å². The van der Waals surface area contributed by atoms with E-state index in [0.29, 0.717) is 28.0 Å². The molecular formula is C29H26N4O4. The Hall–Kier alpha value is -4.72. The molecular weight excluding hydrogens is 468 g/mol. The number of nitrogens with zero attached hydrogens (tertiary/aromatic N) is 3. The fraction of sp³-hybridized carbons (Fsp3) is 0.172. The van der Waals surface area contributed by atoms with Crippen LogP contribution >= 0.6 is 0 Å². The molecule has 5 aromatic rings. The van der Waals surface area contributed by atoms with Gasteiger partial charge in [0.25, 0.3) is 5.91 Å². The first-order chi connectivity index (χ1) is 17.9. The van der Waals surface area contributed by atoms with Crippen LogP contribution in [0.25, 0.3) is 32.9 Å². The van der Waals surface area contributed by atoms with Gasteiger partial charge in [0, 0.05) is 23.1 Å². The largest absolute Gasteiger partial charge is 0.497 e. The minimum atomic E-state index is -0.599. The zero-order valence-electron chi connectivity index (χ0n) is 20.8. The predicted octanol–water partition coefficient (Wildman–Crippen LogP) is 5.64. The summed E-state index contributed by atoms with van der Waals surface area (Å²) in [6.07, 6.45) is 1.61. The van der Waals surface area contributed by atoms with Crippen molar-refractivity contribution >= 4 is 39.4 Å². The molecule has 3 aromatic carbocycles. The number of carbonyl (C=O) groups excluding carboxylic acids is 2. The number of amides is 1. The Morgan fingerprint density at radius 3 is 2.57 bits per heavy atom. The molecule has 0 unspecified atom stereocenters. The summed E-state index contributed by atoms with van der Waals surface area (Å²) in [5.74, 6) is 0.283. The van der Waals surface area contributed by atoms with E-state index in [4.69, 9.17) is 14.5 Å². The van der Waals surface area contributed by atoms with E-state index >= 15 is 0 Å². The van der Waals surface area contributed by atoms with Crippen molar-refractivity contribution in [2.45, 2.75) is 19.9 Å². The second kappa shape index (κ2) is 10.1. The van der Waals surface area contributed by atoms with Gasteiger partial charge in [-0.05, 0) is 55.0 Å². The summed E-state index contributed by atoms with van der Waals surface area (Å²) in [5, 5.41) is 9.65. The lowest BCUT2D eigenvalue weighted by molar-refractivity contribution is -0.119. The number of nitrogens with one attached hydrogen (secondary N) is 1. The molecule has 37 heavy (non-hydrogen) atoms. The van der Waals surface area contributed by atoms with E-state index in [2.05, 4.69) is 10.4 Å². The highest BCUT2D eigenvalue weighted by Crippen LogP contribution is 2.29. The highest BCUT2D eigenvalue weighted by Gasteiger charge is 2.18. The zero-order valence-corrected chi connectivity index (χ0v) is 20.8. The molecule has 1 amide bonds. The van der Waals surface area contributed by atoms with Crippen LogP contribution < -0.4 is 10.1 Å². The van der Waals surface area contributed by atoms with Crippen molar-refractivity contribution < 1.29 is 19.1 Å². The summed E-state index contributed by atoms with van der Waals surface area (Å²) in [4.78, 5) is 30.4. The molecule has 0 bridgehead atoms. The minimum absolute atomic E-state index is 0.0755. The van der Waals surface area contributed by atoms with Crippen molar-refractivity contribution in [2.24, 2.45) is 0 Å². The van der Waals surface area contributed by atoms with Crippen LogP contribution in [0.5, 0.6) is 5.75 Å². The first-order valence-electron chi connectivity index (χ1n) is 11.9. The molecule has 5 rings (SSSR count). The van der Waals surface area contributed by atoms with E-state index in [1.807, 2.05) is 74.5 Å². The average molecular weight is 495 g/mol. The van der Waals surface area contributed by atoms with E-state index in [1.165, 1.54) is 0 Å². The van der Waals surface area contributed by atoms with E-state index < -0.39 is 18.5 Å². The standard InChI is InChI=1S/C29H26N4O4/c1-18(2)33-27(12-13-30-33)32-28(34)17-37-29(35)24-16-26(31-25-7-5-4-6-23(24)25)21-9-8-20-15-22(36-3)11-10-19(20)14-21/h4-16,18H,17H2,1-3H3,(H,32,34). The maximum Gasteiger partial charge on any atom is 0.339 e. The number of benzene rings is 3. The number of anilines is 1. The highest BCUT2D eigenvalue weighted by molar-refractivity contribution is 6.05. The molecule has 0 saturated heterocycles. The van der Waals surface area contributed by atoms with Gasteiger partial charge in [-0.3, -0.25) is 4.79 Å². The molecule has 8 heteroatoms. The van der Waals surface area contributed by atoms with Crippen LogP contribution in [0.1, 0.15) is 30.2 Å². The summed E-state index contributed by atoms with van der Waals surface area (Å²) in [6.45, 7) is 3.49. The molecule has 186 valence electrons. The number of carbonyl (C=O) groups is 2. The molecule has 8 nitrogen and oxygen atoms in total. The van der Waals surface area contributed by atoms with Gasteiger partial charge in [-0.25, -0.2) is 14.5 Å². The van der Waals surface area contributed by atoms with Crippen LogP contribution in [0, 0.1) is 0 Å². The SMILES string of the molecule is COc1ccc2cc(-c3cc(C(=O)OCC(=O)Nc4ccnn4C(C)C)c4ccccc4n3)ccc2c1. The monoisotopic (exact) mass is 494 g/mol. The minimum Gasteiger partial charge on any atom is -0.497 e. The van der Waals surface area contributed by atoms with Crippen molar-refractivity contribution in [3.8, 4) is 17.0 Å².